The van der Waals surface area contributed by atoms with Crippen molar-refractivity contribution in [3.8, 4) is 22.5 Å². The molecule has 2 N–H and O–H groups in total. The van der Waals surface area contributed by atoms with Gasteiger partial charge in [-0.3, -0.25) is 18.9 Å². The van der Waals surface area contributed by atoms with Crippen LogP contribution in [0, 0.1) is 5.82 Å². The number of rotatable bonds is 11. The molecule has 1 aliphatic carbocycles. The quantitative estimate of drug-likeness (QED) is 0.188. The average molecular weight is 630 g/mol. The standard InChI is InChI=1S/C35H40FN5O5/c1-4-5-10-30-28(19-22-11-16-26(29(36)20-22)25-8-6-7-9-27(25)32-38-34(43)46-39-32)33(42)40(31-17-18-37-41(30)31)23-12-14-24(15-13-23)45-21-35(2,3)44/h6-9,11,16-18,20,23-24,44H,4-5,10,12-15,19,21H2,1-3H3,(H,38,39,43)/t23-,24-. The summed E-state index contributed by atoms with van der Waals surface area (Å²) in [5.41, 5.74) is 3.40. The second kappa shape index (κ2) is 13.2. The second-order valence-electron chi connectivity index (χ2n) is 12.8. The summed E-state index contributed by atoms with van der Waals surface area (Å²) in [6.45, 7) is 5.85. The molecule has 11 heteroatoms. The summed E-state index contributed by atoms with van der Waals surface area (Å²) >= 11 is 0. The maximum absolute atomic E-state index is 15.8. The van der Waals surface area contributed by atoms with Gasteiger partial charge in [0.1, 0.15) is 11.5 Å². The minimum absolute atomic E-state index is 0.0220. The number of halogens is 1. The van der Waals surface area contributed by atoms with Gasteiger partial charge in [-0.25, -0.2) is 13.7 Å². The molecule has 0 saturated heterocycles. The maximum atomic E-state index is 15.8. The fraction of sp³-hybridized carbons (Fsp3) is 0.429. The average Bonchev–Trinajstić information content (AvgIpc) is 3.69. The predicted molar refractivity (Wildman–Crippen MR) is 172 cm³/mol. The summed E-state index contributed by atoms with van der Waals surface area (Å²) in [7, 11) is 0. The molecule has 2 aromatic carbocycles. The Hall–Kier alpha value is -4.35. The third-order valence-corrected chi connectivity index (χ3v) is 8.73. The van der Waals surface area contributed by atoms with Crippen LogP contribution in [0.5, 0.6) is 0 Å². The summed E-state index contributed by atoms with van der Waals surface area (Å²) in [5, 5.41) is 18.5. The summed E-state index contributed by atoms with van der Waals surface area (Å²) in [6, 6.07) is 14.0. The lowest BCUT2D eigenvalue weighted by atomic mass is 9.92. The number of aromatic nitrogens is 5. The van der Waals surface area contributed by atoms with Crippen molar-refractivity contribution in [3.05, 3.63) is 98.3 Å². The number of fused-ring (bicyclic) bond motifs is 1. The third kappa shape index (κ3) is 6.61. The van der Waals surface area contributed by atoms with Gasteiger partial charge in [-0.1, -0.05) is 54.9 Å². The van der Waals surface area contributed by atoms with E-state index in [0.717, 1.165) is 49.9 Å². The summed E-state index contributed by atoms with van der Waals surface area (Å²) in [5.74, 6) is -0.919. The first kappa shape index (κ1) is 31.6. The highest BCUT2D eigenvalue weighted by Gasteiger charge is 2.29. The van der Waals surface area contributed by atoms with Crippen molar-refractivity contribution in [3.63, 3.8) is 0 Å². The van der Waals surface area contributed by atoms with Crippen LogP contribution in [0.25, 0.3) is 28.2 Å². The van der Waals surface area contributed by atoms with Crippen molar-refractivity contribution in [2.75, 3.05) is 6.61 Å². The molecule has 1 saturated carbocycles. The Kier molecular flexibility index (Phi) is 9.06. The van der Waals surface area contributed by atoms with Gasteiger partial charge >= 0.3 is 5.76 Å². The first-order valence-electron chi connectivity index (χ1n) is 16.0. The molecular weight excluding hydrogens is 589 g/mol. The highest BCUT2D eigenvalue weighted by molar-refractivity contribution is 5.80. The molecule has 5 aromatic rings. The third-order valence-electron chi connectivity index (χ3n) is 8.73. The van der Waals surface area contributed by atoms with Gasteiger partial charge in [0.15, 0.2) is 5.82 Å². The predicted octanol–water partition coefficient (Wildman–Crippen LogP) is 5.85. The summed E-state index contributed by atoms with van der Waals surface area (Å²) in [4.78, 5) is 28.5. The number of aliphatic hydroxyl groups is 1. The number of unbranched alkanes of at least 4 members (excludes halogenated alkanes) is 1. The molecule has 0 radical (unpaired) electrons. The molecule has 242 valence electrons. The minimum atomic E-state index is -0.890. The van der Waals surface area contributed by atoms with E-state index in [-0.39, 0.29) is 36.6 Å². The fourth-order valence-electron chi connectivity index (χ4n) is 6.47. The number of aryl methyl sites for hydroxylation is 1. The molecule has 46 heavy (non-hydrogen) atoms. The van der Waals surface area contributed by atoms with E-state index in [1.165, 1.54) is 6.07 Å². The molecule has 0 aliphatic heterocycles. The van der Waals surface area contributed by atoms with E-state index < -0.39 is 17.2 Å². The van der Waals surface area contributed by atoms with Crippen LogP contribution in [-0.2, 0) is 17.6 Å². The molecule has 1 fully saturated rings. The highest BCUT2D eigenvalue weighted by atomic mass is 19.1. The number of hydrogen-bond donors (Lipinski definition) is 2. The lowest BCUT2D eigenvalue weighted by Crippen LogP contribution is -2.36. The topological polar surface area (TPSA) is 128 Å². The van der Waals surface area contributed by atoms with Crippen molar-refractivity contribution in [1.29, 1.82) is 0 Å². The van der Waals surface area contributed by atoms with E-state index in [0.29, 0.717) is 34.2 Å². The van der Waals surface area contributed by atoms with Crippen LogP contribution >= 0.6 is 0 Å². The van der Waals surface area contributed by atoms with Crippen LogP contribution in [0.2, 0.25) is 0 Å². The SMILES string of the molecule is CCCCc1c(Cc2ccc(-c3ccccc3-c3noc(=O)[nH]3)c(F)c2)c(=O)n([C@H]2CC[C@H](OCC(C)(C)O)CC2)c2ccnn12. The normalized spacial score (nSPS) is 17.2. The number of ether oxygens (including phenoxy) is 1. The molecule has 3 aromatic heterocycles. The van der Waals surface area contributed by atoms with Gasteiger partial charge in [-0.2, -0.15) is 5.10 Å². The van der Waals surface area contributed by atoms with Crippen LogP contribution in [0.15, 0.2) is 68.8 Å². The number of H-pyrrole nitrogens is 1. The zero-order valence-corrected chi connectivity index (χ0v) is 26.5. The van der Waals surface area contributed by atoms with Gasteiger partial charge in [0, 0.05) is 35.2 Å². The Labute approximate surface area is 265 Å². The van der Waals surface area contributed by atoms with Crippen LogP contribution < -0.4 is 11.3 Å². The zero-order valence-electron chi connectivity index (χ0n) is 26.5. The molecule has 0 atom stereocenters. The number of hydrogen-bond acceptors (Lipinski definition) is 7. The van der Waals surface area contributed by atoms with Gasteiger partial charge in [-0.05, 0) is 69.6 Å². The van der Waals surface area contributed by atoms with E-state index in [1.807, 2.05) is 21.2 Å². The van der Waals surface area contributed by atoms with Gasteiger partial charge in [0.05, 0.1) is 30.2 Å². The fourth-order valence-corrected chi connectivity index (χ4v) is 6.47. The lowest BCUT2D eigenvalue weighted by molar-refractivity contribution is -0.0654. The van der Waals surface area contributed by atoms with Crippen LogP contribution in [-0.4, -0.2) is 47.7 Å². The molecular formula is C35H40FN5O5. The molecule has 10 nitrogen and oxygen atoms in total. The minimum Gasteiger partial charge on any atom is -0.388 e. The van der Waals surface area contributed by atoms with E-state index in [4.69, 9.17) is 4.74 Å². The molecule has 0 unspecified atom stereocenters. The Balaban J connectivity index is 1.34. The monoisotopic (exact) mass is 629 g/mol. The Morgan fingerprint density at radius 1 is 1.07 bits per heavy atom. The first-order chi connectivity index (χ1) is 22.1. The largest absolute Gasteiger partial charge is 0.439 e. The van der Waals surface area contributed by atoms with Gasteiger partial charge in [0.2, 0.25) is 0 Å². The van der Waals surface area contributed by atoms with Crippen molar-refractivity contribution >= 4 is 5.65 Å². The van der Waals surface area contributed by atoms with Crippen molar-refractivity contribution in [2.45, 2.75) is 89.9 Å². The van der Waals surface area contributed by atoms with Crippen LogP contribution in [0.4, 0.5) is 4.39 Å². The second-order valence-corrected chi connectivity index (χ2v) is 12.8. The smallest absolute Gasteiger partial charge is 0.388 e. The Morgan fingerprint density at radius 2 is 1.83 bits per heavy atom. The maximum Gasteiger partial charge on any atom is 0.439 e. The van der Waals surface area contributed by atoms with E-state index in [2.05, 4.69) is 26.7 Å². The molecule has 0 amide bonds. The Bertz CT molecular complexity index is 1940. The zero-order chi connectivity index (χ0) is 32.4. The molecule has 6 rings (SSSR count). The summed E-state index contributed by atoms with van der Waals surface area (Å²) < 4.78 is 30.3. The molecule has 3 heterocycles. The highest BCUT2D eigenvalue weighted by Crippen LogP contribution is 2.34. The summed E-state index contributed by atoms with van der Waals surface area (Å²) in [6.07, 6.45) is 7.68. The first-order valence-corrected chi connectivity index (χ1v) is 16.0. The number of benzene rings is 2. The molecule has 0 bridgehead atoms. The van der Waals surface area contributed by atoms with Crippen molar-refractivity contribution in [1.82, 2.24) is 24.3 Å². The van der Waals surface area contributed by atoms with E-state index in [9.17, 15) is 14.7 Å². The van der Waals surface area contributed by atoms with Crippen LogP contribution in [0.1, 0.15) is 82.2 Å². The lowest BCUT2D eigenvalue weighted by Gasteiger charge is -2.32. The Morgan fingerprint density at radius 3 is 2.50 bits per heavy atom. The molecule has 1 aliphatic rings. The van der Waals surface area contributed by atoms with Gasteiger partial charge in [0.25, 0.3) is 5.56 Å². The van der Waals surface area contributed by atoms with E-state index >= 15 is 4.39 Å². The number of nitrogens with one attached hydrogen (secondary N) is 1. The van der Waals surface area contributed by atoms with Crippen LogP contribution in [0.3, 0.4) is 0 Å². The van der Waals surface area contributed by atoms with Gasteiger partial charge in [-0.15, -0.1) is 0 Å². The van der Waals surface area contributed by atoms with Crippen molar-refractivity contribution < 1.29 is 18.8 Å². The number of nitrogens with zero attached hydrogens (tertiary/aromatic N) is 4. The van der Waals surface area contributed by atoms with Crippen molar-refractivity contribution in [2.24, 2.45) is 0 Å². The van der Waals surface area contributed by atoms with Gasteiger partial charge < -0.3 is 9.84 Å². The van der Waals surface area contributed by atoms with E-state index in [1.54, 1.807) is 50.4 Å². The molecule has 0 spiro atoms. The number of aromatic amines is 1.